The number of hydrazone groups is 1. The molecule has 0 radical (unpaired) electrons. The summed E-state index contributed by atoms with van der Waals surface area (Å²) in [4.78, 5) is 10.7. The molecule has 0 heterocycles. The zero-order valence-corrected chi connectivity index (χ0v) is 12.3. The third-order valence-corrected chi connectivity index (χ3v) is 3.40. The fourth-order valence-electron chi connectivity index (χ4n) is 1.86. The smallest absolute Gasteiger partial charge is 0.0715 e. The lowest BCUT2D eigenvalue weighted by Crippen LogP contribution is -2.21. The number of hydrogen-bond donors (Lipinski definition) is 1. The van der Waals surface area contributed by atoms with Crippen LogP contribution in [0, 0.1) is 13.8 Å². The predicted molar refractivity (Wildman–Crippen MR) is 82.5 cm³/mol. The first-order chi connectivity index (χ1) is 9.97. The second-order valence-electron chi connectivity index (χ2n) is 4.97. The Balaban J connectivity index is 2.12. The molecule has 1 N–H and O–H groups in total. The zero-order valence-electron chi connectivity index (χ0n) is 12.3. The van der Waals surface area contributed by atoms with Crippen LogP contribution in [-0.4, -0.2) is 11.7 Å². The molecule has 2 aromatic rings. The van der Waals surface area contributed by atoms with Crippen LogP contribution >= 0.6 is 0 Å². The van der Waals surface area contributed by atoms with Crippen molar-refractivity contribution < 1.29 is 9.90 Å². The van der Waals surface area contributed by atoms with Gasteiger partial charge in [0.25, 0.3) is 0 Å². The minimum Gasteiger partial charge on any atom is -0.545 e. The largest absolute Gasteiger partial charge is 0.545 e. The number of rotatable bonds is 4. The summed E-state index contributed by atoms with van der Waals surface area (Å²) in [6, 6.07) is 12.5. The molecule has 0 fully saturated rings. The number of carboxylic acids is 1. The lowest BCUT2D eigenvalue weighted by atomic mass is 10.0. The molecule has 0 aliphatic heterocycles. The van der Waals surface area contributed by atoms with Crippen molar-refractivity contribution in [3.05, 3.63) is 64.7 Å². The van der Waals surface area contributed by atoms with Crippen LogP contribution in [0.3, 0.4) is 0 Å². The molecule has 0 atom stereocenters. The van der Waals surface area contributed by atoms with Gasteiger partial charge in [-0.2, -0.15) is 5.10 Å². The van der Waals surface area contributed by atoms with E-state index in [1.807, 2.05) is 13.0 Å². The number of nitrogens with one attached hydrogen (secondary N) is 1. The SMILES string of the molecule is C/C(=N/Nc1ccc(C(=O)[O-])cc1)c1ccc(C)c(C)c1. The number of anilines is 1. The van der Waals surface area contributed by atoms with Gasteiger partial charge in [-0.1, -0.05) is 24.3 Å². The summed E-state index contributed by atoms with van der Waals surface area (Å²) < 4.78 is 0. The van der Waals surface area contributed by atoms with Gasteiger partial charge in [-0.05, 0) is 61.2 Å². The average molecular weight is 281 g/mol. The number of benzene rings is 2. The van der Waals surface area contributed by atoms with E-state index < -0.39 is 5.97 Å². The maximum absolute atomic E-state index is 10.7. The number of carbonyl (C=O) groups is 1. The van der Waals surface area contributed by atoms with Gasteiger partial charge in [-0.15, -0.1) is 0 Å². The molecule has 0 aliphatic carbocycles. The molecule has 4 nitrogen and oxygen atoms in total. The number of hydrogen-bond acceptors (Lipinski definition) is 4. The number of aromatic carboxylic acids is 1. The van der Waals surface area contributed by atoms with E-state index >= 15 is 0 Å². The predicted octanol–water partition coefficient (Wildman–Crippen LogP) is 2.50. The topological polar surface area (TPSA) is 64.5 Å². The quantitative estimate of drug-likeness (QED) is 0.691. The van der Waals surface area contributed by atoms with Gasteiger partial charge in [-0.25, -0.2) is 0 Å². The molecule has 0 aliphatic rings. The molecule has 2 aromatic carbocycles. The normalized spacial score (nSPS) is 11.3. The fraction of sp³-hybridized carbons (Fsp3) is 0.176. The summed E-state index contributed by atoms with van der Waals surface area (Å²) in [6.07, 6.45) is 0. The van der Waals surface area contributed by atoms with E-state index in [4.69, 9.17) is 0 Å². The van der Waals surface area contributed by atoms with Crippen molar-refractivity contribution in [3.63, 3.8) is 0 Å². The molecule has 0 aromatic heterocycles. The highest BCUT2D eigenvalue weighted by atomic mass is 16.4. The first-order valence-electron chi connectivity index (χ1n) is 6.66. The van der Waals surface area contributed by atoms with Crippen LogP contribution in [0.25, 0.3) is 0 Å². The highest BCUT2D eigenvalue weighted by Crippen LogP contribution is 2.12. The molecule has 0 spiro atoms. The molecule has 0 saturated carbocycles. The Hall–Kier alpha value is -2.62. The molecule has 0 amide bonds. The van der Waals surface area contributed by atoms with Gasteiger partial charge in [0.05, 0.1) is 17.4 Å². The Morgan fingerprint density at radius 1 is 1.00 bits per heavy atom. The number of carbonyl (C=O) groups excluding carboxylic acids is 1. The first kappa shape index (κ1) is 14.8. The minimum absolute atomic E-state index is 0.149. The van der Waals surface area contributed by atoms with Crippen molar-refractivity contribution in [1.82, 2.24) is 0 Å². The summed E-state index contributed by atoms with van der Waals surface area (Å²) in [7, 11) is 0. The second-order valence-corrected chi connectivity index (χ2v) is 4.97. The van der Waals surface area contributed by atoms with Crippen LogP contribution in [0.2, 0.25) is 0 Å². The Labute approximate surface area is 124 Å². The van der Waals surface area contributed by atoms with Crippen molar-refractivity contribution in [1.29, 1.82) is 0 Å². The van der Waals surface area contributed by atoms with E-state index in [0.29, 0.717) is 0 Å². The van der Waals surface area contributed by atoms with E-state index in [9.17, 15) is 9.90 Å². The summed E-state index contributed by atoms with van der Waals surface area (Å²) in [5.74, 6) is -1.18. The van der Waals surface area contributed by atoms with Gasteiger partial charge < -0.3 is 9.90 Å². The van der Waals surface area contributed by atoms with Gasteiger partial charge in [0, 0.05) is 0 Å². The maximum Gasteiger partial charge on any atom is 0.0715 e. The highest BCUT2D eigenvalue weighted by molar-refractivity contribution is 5.99. The van der Waals surface area contributed by atoms with E-state index in [0.717, 1.165) is 17.0 Å². The van der Waals surface area contributed by atoms with Crippen molar-refractivity contribution in [3.8, 4) is 0 Å². The lowest BCUT2D eigenvalue weighted by Gasteiger charge is -2.07. The molecule has 4 heteroatoms. The van der Waals surface area contributed by atoms with Crippen LogP contribution < -0.4 is 10.5 Å². The third-order valence-electron chi connectivity index (χ3n) is 3.40. The van der Waals surface area contributed by atoms with E-state index in [1.54, 1.807) is 12.1 Å². The molecule has 21 heavy (non-hydrogen) atoms. The fourth-order valence-corrected chi connectivity index (χ4v) is 1.86. The van der Waals surface area contributed by atoms with Gasteiger partial charge >= 0.3 is 0 Å². The number of carboxylic acid groups (broad SMARTS) is 1. The molecule has 2 rings (SSSR count). The Bertz CT molecular complexity index is 688. The summed E-state index contributed by atoms with van der Waals surface area (Å²) in [6.45, 7) is 6.06. The molecule has 0 unspecified atom stereocenters. The van der Waals surface area contributed by atoms with Gasteiger partial charge in [0.15, 0.2) is 0 Å². The zero-order chi connectivity index (χ0) is 15.4. The summed E-state index contributed by atoms with van der Waals surface area (Å²) >= 11 is 0. The van der Waals surface area contributed by atoms with E-state index in [-0.39, 0.29) is 5.56 Å². The minimum atomic E-state index is -1.18. The second kappa shape index (κ2) is 6.22. The van der Waals surface area contributed by atoms with Crippen molar-refractivity contribution in [2.24, 2.45) is 5.10 Å². The highest BCUT2D eigenvalue weighted by Gasteiger charge is 2.00. The molecule has 108 valence electrons. The van der Waals surface area contributed by atoms with Crippen LogP contribution in [0.1, 0.15) is 34.0 Å². The van der Waals surface area contributed by atoms with E-state index in [2.05, 4.69) is 36.5 Å². The van der Waals surface area contributed by atoms with E-state index in [1.165, 1.54) is 23.3 Å². The Morgan fingerprint density at radius 2 is 1.62 bits per heavy atom. The standard InChI is InChI=1S/C17H18N2O2/c1-11-4-5-15(10-12(11)2)13(3)18-19-16-8-6-14(7-9-16)17(20)21/h4-10,19H,1-3H3,(H,20,21)/p-1/b18-13-. The molecular weight excluding hydrogens is 264 g/mol. The van der Waals surface area contributed by atoms with Crippen LogP contribution in [0.15, 0.2) is 47.6 Å². The maximum atomic E-state index is 10.7. The molecule has 0 bridgehead atoms. The average Bonchev–Trinajstić information content (AvgIpc) is 2.48. The van der Waals surface area contributed by atoms with Crippen LogP contribution in [-0.2, 0) is 0 Å². The molecular formula is C17H17N2O2-. The van der Waals surface area contributed by atoms with Gasteiger partial charge in [-0.3, -0.25) is 5.43 Å². The van der Waals surface area contributed by atoms with Crippen molar-refractivity contribution in [2.45, 2.75) is 20.8 Å². The Morgan fingerprint density at radius 3 is 2.19 bits per heavy atom. The summed E-state index contributed by atoms with van der Waals surface area (Å²) in [5, 5.41) is 15.0. The monoisotopic (exact) mass is 281 g/mol. The number of aryl methyl sites for hydroxylation is 2. The third kappa shape index (κ3) is 3.69. The van der Waals surface area contributed by atoms with Crippen molar-refractivity contribution in [2.75, 3.05) is 5.43 Å². The summed E-state index contributed by atoms with van der Waals surface area (Å²) in [5.41, 5.74) is 8.18. The Kier molecular flexibility index (Phi) is 4.38. The molecule has 0 saturated heterocycles. The first-order valence-corrected chi connectivity index (χ1v) is 6.66. The lowest BCUT2D eigenvalue weighted by molar-refractivity contribution is -0.255. The van der Waals surface area contributed by atoms with Crippen molar-refractivity contribution >= 4 is 17.4 Å². The van der Waals surface area contributed by atoms with Gasteiger partial charge in [0.2, 0.25) is 0 Å². The van der Waals surface area contributed by atoms with Gasteiger partial charge in [0.1, 0.15) is 0 Å². The number of nitrogens with zero attached hydrogens (tertiary/aromatic N) is 1. The van der Waals surface area contributed by atoms with Crippen LogP contribution in [0.4, 0.5) is 5.69 Å². The van der Waals surface area contributed by atoms with Crippen LogP contribution in [0.5, 0.6) is 0 Å².